The highest BCUT2D eigenvalue weighted by molar-refractivity contribution is 5.95. The van der Waals surface area contributed by atoms with E-state index >= 15 is 0 Å². The van der Waals surface area contributed by atoms with Gasteiger partial charge in [0.1, 0.15) is 13.2 Å². The van der Waals surface area contributed by atoms with Crippen LogP contribution in [0.5, 0.6) is 11.5 Å². The van der Waals surface area contributed by atoms with Gasteiger partial charge in [0.05, 0.1) is 6.42 Å². The van der Waals surface area contributed by atoms with Crippen LogP contribution >= 0.6 is 0 Å². The van der Waals surface area contributed by atoms with E-state index in [1.807, 2.05) is 12.1 Å². The number of carboxylic acids is 2. The molecule has 4 heterocycles. The number of nitrogens with one attached hydrogen (secondary N) is 1. The van der Waals surface area contributed by atoms with Crippen molar-refractivity contribution < 1.29 is 39.2 Å². The molecule has 10 nitrogen and oxygen atoms in total. The van der Waals surface area contributed by atoms with Crippen molar-refractivity contribution in [3.05, 3.63) is 23.8 Å². The van der Waals surface area contributed by atoms with Gasteiger partial charge in [-0.3, -0.25) is 9.59 Å². The van der Waals surface area contributed by atoms with Crippen molar-refractivity contribution in [2.24, 2.45) is 5.92 Å². The molecule has 164 valence electrons. The van der Waals surface area contributed by atoms with E-state index in [-0.39, 0.29) is 11.9 Å². The summed E-state index contributed by atoms with van der Waals surface area (Å²) in [7, 11) is 0. The average Bonchev–Trinajstić information content (AvgIpc) is 2.74. The first-order valence-corrected chi connectivity index (χ1v) is 9.89. The first kappa shape index (κ1) is 21.8. The fraction of sp³-hybridized carbons (Fsp3) is 0.550. The van der Waals surface area contributed by atoms with Gasteiger partial charge in [0.25, 0.3) is 5.91 Å². The predicted octanol–water partition coefficient (Wildman–Crippen LogP) is 0.188. The smallest absolute Gasteiger partial charge is 0.333 e. The van der Waals surface area contributed by atoms with Crippen molar-refractivity contribution in [3.8, 4) is 11.5 Å². The van der Waals surface area contributed by atoms with Crippen LogP contribution in [-0.4, -0.2) is 83.1 Å². The summed E-state index contributed by atoms with van der Waals surface area (Å²) in [5.41, 5.74) is 0.649. The summed E-state index contributed by atoms with van der Waals surface area (Å²) in [5, 5.41) is 27.3. The third kappa shape index (κ3) is 5.61. The standard InChI is InChI=1S/C16H20N2O3.C4H6O5/c19-16(17-13-10-18-5-3-11(13)4-6-18)12-1-2-14-15(9-12)21-8-7-20-14;5-2(4(8)9)1-3(6)7/h1-2,9,11,13H,3-8,10H2,(H,17,19);2,5H,1H2,(H,6,7)(H,8,9)/t13-;/m0./s1. The lowest BCUT2D eigenvalue weighted by Gasteiger charge is -2.44. The van der Waals surface area contributed by atoms with Crippen LogP contribution in [0.2, 0.25) is 0 Å². The van der Waals surface area contributed by atoms with E-state index in [4.69, 9.17) is 24.8 Å². The largest absolute Gasteiger partial charge is 0.486 e. The Hall–Kier alpha value is -2.85. The first-order valence-electron chi connectivity index (χ1n) is 9.89. The average molecular weight is 422 g/mol. The van der Waals surface area contributed by atoms with Crippen LogP contribution < -0.4 is 14.8 Å². The molecule has 1 aromatic carbocycles. The van der Waals surface area contributed by atoms with Gasteiger partial charge in [-0.05, 0) is 50.0 Å². The van der Waals surface area contributed by atoms with Crippen molar-refractivity contribution >= 4 is 17.8 Å². The highest BCUT2D eigenvalue weighted by Gasteiger charge is 2.35. The van der Waals surface area contributed by atoms with Crippen LogP contribution in [0.4, 0.5) is 0 Å². The molecule has 10 heteroatoms. The summed E-state index contributed by atoms with van der Waals surface area (Å²) < 4.78 is 11.0. The minimum atomic E-state index is -1.79. The fourth-order valence-electron chi connectivity index (χ4n) is 3.82. The van der Waals surface area contributed by atoms with Crippen LogP contribution in [-0.2, 0) is 9.59 Å². The molecule has 0 saturated carbocycles. The number of carbonyl (C=O) groups excluding carboxylic acids is 1. The number of fused-ring (bicyclic) bond motifs is 4. The number of benzene rings is 1. The van der Waals surface area contributed by atoms with E-state index in [2.05, 4.69) is 10.2 Å². The number of aliphatic hydroxyl groups excluding tert-OH is 1. The zero-order valence-electron chi connectivity index (χ0n) is 16.5. The summed E-state index contributed by atoms with van der Waals surface area (Å²) in [4.78, 5) is 34.3. The van der Waals surface area contributed by atoms with Crippen molar-refractivity contribution in [1.29, 1.82) is 0 Å². The Morgan fingerprint density at radius 2 is 1.77 bits per heavy atom. The molecule has 4 N–H and O–H groups in total. The summed E-state index contributed by atoms with van der Waals surface area (Å²) in [6.45, 7) is 4.46. The van der Waals surface area contributed by atoms with E-state index in [0.717, 1.165) is 12.3 Å². The number of hydrogen-bond acceptors (Lipinski definition) is 7. The maximum absolute atomic E-state index is 12.4. The molecule has 2 atom stereocenters. The molecular formula is C20H26N2O8. The van der Waals surface area contributed by atoms with E-state index in [1.54, 1.807) is 6.07 Å². The number of carbonyl (C=O) groups is 3. The molecular weight excluding hydrogens is 396 g/mol. The van der Waals surface area contributed by atoms with Gasteiger partial charge in [-0.1, -0.05) is 0 Å². The summed E-state index contributed by atoms with van der Waals surface area (Å²) in [6, 6.07) is 5.70. The Kier molecular flexibility index (Phi) is 7.11. The highest BCUT2D eigenvalue weighted by Crippen LogP contribution is 2.31. The molecule has 0 radical (unpaired) electrons. The van der Waals surface area contributed by atoms with Gasteiger partial charge in [-0.15, -0.1) is 0 Å². The number of carboxylic acid groups (broad SMARTS) is 2. The van der Waals surface area contributed by atoms with Crippen molar-refractivity contribution in [2.75, 3.05) is 32.8 Å². The normalized spacial score (nSPS) is 24.8. The molecule has 0 aliphatic carbocycles. The maximum atomic E-state index is 12.4. The second kappa shape index (κ2) is 9.77. The van der Waals surface area contributed by atoms with Gasteiger partial charge >= 0.3 is 11.9 Å². The SMILES string of the molecule is O=C(N[C@H]1CN2CCC1CC2)c1ccc2c(c1)OCCO2.O=C(O)CC(O)C(=O)O. The van der Waals surface area contributed by atoms with Gasteiger partial charge in [0, 0.05) is 18.2 Å². The number of nitrogens with zero attached hydrogens (tertiary/aromatic N) is 1. The summed E-state index contributed by atoms with van der Waals surface area (Å²) >= 11 is 0. The molecule has 2 bridgehead atoms. The molecule has 4 aliphatic heterocycles. The minimum Gasteiger partial charge on any atom is -0.486 e. The van der Waals surface area contributed by atoms with Crippen molar-refractivity contribution in [3.63, 3.8) is 0 Å². The van der Waals surface area contributed by atoms with Crippen LogP contribution in [0.1, 0.15) is 29.6 Å². The summed E-state index contributed by atoms with van der Waals surface area (Å²) in [5.74, 6) is -0.826. The number of rotatable bonds is 5. The van der Waals surface area contributed by atoms with E-state index in [1.165, 1.54) is 25.9 Å². The van der Waals surface area contributed by atoms with Crippen molar-refractivity contribution in [1.82, 2.24) is 10.2 Å². The van der Waals surface area contributed by atoms with E-state index in [9.17, 15) is 14.4 Å². The van der Waals surface area contributed by atoms with Crippen LogP contribution in [0.15, 0.2) is 18.2 Å². The number of piperidine rings is 3. The van der Waals surface area contributed by atoms with E-state index < -0.39 is 24.5 Å². The van der Waals surface area contributed by atoms with Crippen LogP contribution in [0.3, 0.4) is 0 Å². The maximum Gasteiger partial charge on any atom is 0.333 e. The molecule has 1 aromatic rings. The zero-order chi connectivity index (χ0) is 21.7. The van der Waals surface area contributed by atoms with Crippen LogP contribution in [0, 0.1) is 5.92 Å². The lowest BCUT2D eigenvalue weighted by Crippen LogP contribution is -2.57. The third-order valence-corrected chi connectivity index (χ3v) is 5.43. The summed E-state index contributed by atoms with van der Waals surface area (Å²) in [6.07, 6.45) is -0.143. The third-order valence-electron chi connectivity index (χ3n) is 5.43. The quantitative estimate of drug-likeness (QED) is 0.522. The Morgan fingerprint density at radius 3 is 2.30 bits per heavy atom. The molecule has 30 heavy (non-hydrogen) atoms. The van der Waals surface area contributed by atoms with Crippen molar-refractivity contribution in [2.45, 2.75) is 31.4 Å². The number of aliphatic carboxylic acids is 2. The lowest BCUT2D eigenvalue weighted by molar-refractivity contribution is -0.152. The fourth-order valence-corrected chi connectivity index (χ4v) is 3.82. The van der Waals surface area contributed by atoms with Gasteiger partial charge in [0.2, 0.25) is 0 Å². The highest BCUT2D eigenvalue weighted by atomic mass is 16.6. The van der Waals surface area contributed by atoms with E-state index in [0.29, 0.717) is 30.4 Å². The molecule has 1 unspecified atom stereocenters. The Balaban J connectivity index is 0.000000244. The number of amides is 1. The van der Waals surface area contributed by atoms with Gasteiger partial charge < -0.3 is 35.0 Å². The monoisotopic (exact) mass is 422 g/mol. The minimum absolute atomic E-state index is 0.00859. The Bertz CT molecular complexity index is 791. The Morgan fingerprint density at radius 1 is 1.10 bits per heavy atom. The van der Waals surface area contributed by atoms with Crippen LogP contribution in [0.25, 0.3) is 0 Å². The number of aliphatic hydroxyl groups is 1. The molecule has 1 amide bonds. The molecule has 3 saturated heterocycles. The molecule has 3 fully saturated rings. The Labute approximate surface area is 173 Å². The molecule has 0 spiro atoms. The second-order valence-electron chi connectivity index (χ2n) is 7.53. The number of ether oxygens (including phenoxy) is 2. The molecule has 4 aliphatic rings. The predicted molar refractivity (Wildman–Crippen MR) is 104 cm³/mol. The topological polar surface area (TPSA) is 146 Å². The molecule has 5 rings (SSSR count). The number of hydrogen-bond donors (Lipinski definition) is 4. The van der Waals surface area contributed by atoms with Gasteiger partial charge in [-0.25, -0.2) is 4.79 Å². The first-order chi connectivity index (χ1) is 14.3. The van der Waals surface area contributed by atoms with Gasteiger partial charge in [0.15, 0.2) is 17.6 Å². The van der Waals surface area contributed by atoms with Gasteiger partial charge in [-0.2, -0.15) is 0 Å². The molecule has 0 aromatic heterocycles. The second-order valence-corrected chi connectivity index (χ2v) is 7.53. The lowest BCUT2D eigenvalue weighted by atomic mass is 9.84. The zero-order valence-corrected chi connectivity index (χ0v) is 16.5.